The smallest absolute Gasteiger partial charge is 0.313 e. The summed E-state index contributed by atoms with van der Waals surface area (Å²) in [5.41, 5.74) is 0.669. The zero-order valence-corrected chi connectivity index (χ0v) is 11.2. The van der Waals surface area contributed by atoms with Gasteiger partial charge in [0, 0.05) is 13.2 Å². The zero-order valence-electron chi connectivity index (χ0n) is 10.4. The highest BCUT2D eigenvalue weighted by molar-refractivity contribution is 7.99. The number of aliphatic carboxylic acids is 1. The number of ether oxygens (including phenoxy) is 1. The van der Waals surface area contributed by atoms with E-state index in [1.807, 2.05) is 0 Å². The summed E-state index contributed by atoms with van der Waals surface area (Å²) >= 11 is 1.11. The second kappa shape index (κ2) is 5.70. The fraction of sp³-hybridized carbons (Fsp3) is 0.273. The molecule has 0 aliphatic rings. The number of carboxylic acids is 1. The number of rotatable bonds is 5. The van der Waals surface area contributed by atoms with Gasteiger partial charge < -0.3 is 9.84 Å². The normalized spacial score (nSPS) is 10.4. The zero-order chi connectivity index (χ0) is 13.8. The van der Waals surface area contributed by atoms with E-state index in [9.17, 15) is 4.79 Å². The van der Waals surface area contributed by atoms with Gasteiger partial charge in [-0.1, -0.05) is 11.8 Å². The summed E-state index contributed by atoms with van der Waals surface area (Å²) in [6.07, 6.45) is 1.62. The van der Waals surface area contributed by atoms with Crippen LogP contribution in [-0.2, 0) is 11.8 Å². The molecule has 0 aromatic carbocycles. The lowest BCUT2D eigenvalue weighted by Crippen LogP contribution is -2.00. The van der Waals surface area contributed by atoms with E-state index in [1.54, 1.807) is 25.4 Å². The van der Waals surface area contributed by atoms with Crippen molar-refractivity contribution in [3.63, 3.8) is 0 Å². The van der Waals surface area contributed by atoms with E-state index >= 15 is 0 Å². The summed E-state index contributed by atoms with van der Waals surface area (Å²) in [4.78, 5) is 18.9. The van der Waals surface area contributed by atoms with E-state index in [0.717, 1.165) is 11.8 Å². The molecule has 7 nitrogen and oxygen atoms in total. The van der Waals surface area contributed by atoms with Crippen molar-refractivity contribution >= 4 is 17.7 Å². The Balaban J connectivity index is 2.31. The molecule has 0 saturated heterocycles. The number of carboxylic acid groups (broad SMARTS) is 1. The van der Waals surface area contributed by atoms with E-state index < -0.39 is 5.97 Å². The number of methoxy groups -OCH3 is 1. The number of aromatic nitrogens is 4. The van der Waals surface area contributed by atoms with Crippen molar-refractivity contribution in [1.82, 2.24) is 19.7 Å². The van der Waals surface area contributed by atoms with Gasteiger partial charge in [-0.2, -0.15) is 5.10 Å². The van der Waals surface area contributed by atoms with Gasteiger partial charge in [0.15, 0.2) is 11.0 Å². The highest BCUT2D eigenvalue weighted by Gasteiger charge is 2.15. The molecule has 100 valence electrons. The maximum atomic E-state index is 10.6. The first-order chi connectivity index (χ1) is 9.11. The molecule has 2 heterocycles. The molecule has 0 aliphatic heterocycles. The quantitative estimate of drug-likeness (QED) is 0.819. The Hall–Kier alpha value is -2.09. The van der Waals surface area contributed by atoms with Crippen LogP contribution in [-0.4, -0.2) is 43.7 Å². The van der Waals surface area contributed by atoms with E-state index in [-0.39, 0.29) is 5.75 Å². The summed E-state index contributed by atoms with van der Waals surface area (Å²) in [6, 6.07) is 3.56. The van der Waals surface area contributed by atoms with Gasteiger partial charge in [-0.15, -0.1) is 0 Å². The summed E-state index contributed by atoms with van der Waals surface area (Å²) < 4.78 is 6.68. The first-order valence-corrected chi connectivity index (χ1v) is 6.35. The van der Waals surface area contributed by atoms with Gasteiger partial charge in [0.2, 0.25) is 5.88 Å². The van der Waals surface area contributed by atoms with Crippen molar-refractivity contribution in [3.8, 4) is 17.3 Å². The molecule has 1 N–H and O–H groups in total. The molecule has 0 amide bonds. The third-order valence-corrected chi connectivity index (χ3v) is 3.26. The molecule has 0 radical (unpaired) electrons. The second-order valence-electron chi connectivity index (χ2n) is 3.58. The van der Waals surface area contributed by atoms with Gasteiger partial charge in [0.1, 0.15) is 0 Å². The van der Waals surface area contributed by atoms with Gasteiger partial charge in [0.25, 0.3) is 0 Å². The van der Waals surface area contributed by atoms with Gasteiger partial charge in [-0.25, -0.2) is 14.6 Å². The van der Waals surface area contributed by atoms with Gasteiger partial charge in [0.05, 0.1) is 18.4 Å². The van der Waals surface area contributed by atoms with Gasteiger partial charge >= 0.3 is 5.97 Å². The molecule has 0 unspecified atom stereocenters. The molecule has 19 heavy (non-hydrogen) atoms. The number of hydrogen-bond acceptors (Lipinski definition) is 6. The number of nitrogens with zero attached hydrogens (tertiary/aromatic N) is 4. The van der Waals surface area contributed by atoms with Crippen LogP contribution in [0.5, 0.6) is 5.88 Å². The van der Waals surface area contributed by atoms with E-state index in [1.165, 1.54) is 11.8 Å². The van der Waals surface area contributed by atoms with E-state index in [2.05, 4.69) is 15.1 Å². The Morgan fingerprint density at radius 3 is 3.05 bits per heavy atom. The summed E-state index contributed by atoms with van der Waals surface area (Å²) in [5.74, 6) is -0.0624. The SMILES string of the molecule is COc1ncccc1-c1nc(SCC(=O)O)n(C)n1. The summed E-state index contributed by atoms with van der Waals surface area (Å²) in [6.45, 7) is 0. The second-order valence-corrected chi connectivity index (χ2v) is 4.53. The van der Waals surface area contributed by atoms with Gasteiger partial charge in [-0.3, -0.25) is 4.79 Å². The van der Waals surface area contributed by atoms with Crippen molar-refractivity contribution in [3.05, 3.63) is 18.3 Å². The lowest BCUT2D eigenvalue weighted by atomic mass is 10.2. The minimum Gasteiger partial charge on any atom is -0.481 e. The van der Waals surface area contributed by atoms with Crippen LogP contribution in [0.15, 0.2) is 23.5 Å². The molecule has 0 aliphatic carbocycles. The highest BCUT2D eigenvalue weighted by Crippen LogP contribution is 2.26. The lowest BCUT2D eigenvalue weighted by molar-refractivity contribution is -0.133. The standard InChI is InChI=1S/C11H12N4O3S/c1-15-11(19-6-8(16)17)13-9(14-15)7-4-3-5-12-10(7)18-2/h3-5H,6H2,1-2H3,(H,16,17). The number of aryl methyl sites for hydroxylation is 1. The number of hydrogen-bond donors (Lipinski definition) is 1. The number of pyridine rings is 1. The average molecular weight is 280 g/mol. The minimum absolute atomic E-state index is 0.0594. The first-order valence-electron chi connectivity index (χ1n) is 5.37. The third-order valence-electron chi connectivity index (χ3n) is 2.25. The van der Waals surface area contributed by atoms with Crippen molar-refractivity contribution < 1.29 is 14.6 Å². The molecule has 2 aromatic heterocycles. The van der Waals surface area contributed by atoms with Crippen LogP contribution in [0.4, 0.5) is 0 Å². The monoisotopic (exact) mass is 280 g/mol. The van der Waals surface area contributed by atoms with Crippen LogP contribution < -0.4 is 4.74 Å². The number of thioether (sulfide) groups is 1. The molecule has 8 heteroatoms. The molecule has 2 rings (SSSR count). The predicted octanol–water partition coefficient (Wildman–Crippen LogP) is 1.06. The van der Waals surface area contributed by atoms with Crippen LogP contribution in [0.25, 0.3) is 11.4 Å². The molecular formula is C11H12N4O3S. The Bertz CT molecular complexity index is 599. The Morgan fingerprint density at radius 1 is 1.58 bits per heavy atom. The molecule has 0 fully saturated rings. The van der Waals surface area contributed by atoms with Crippen molar-refractivity contribution in [2.75, 3.05) is 12.9 Å². The molecule has 0 spiro atoms. The van der Waals surface area contributed by atoms with Crippen molar-refractivity contribution in [2.45, 2.75) is 5.16 Å². The first kappa shape index (κ1) is 13.3. The molecule has 2 aromatic rings. The predicted molar refractivity (Wildman–Crippen MR) is 69.1 cm³/mol. The maximum absolute atomic E-state index is 10.6. The molecule has 0 bridgehead atoms. The topological polar surface area (TPSA) is 90.1 Å². The van der Waals surface area contributed by atoms with E-state index in [0.29, 0.717) is 22.4 Å². The fourth-order valence-electron chi connectivity index (χ4n) is 1.46. The van der Waals surface area contributed by atoms with Gasteiger partial charge in [-0.05, 0) is 12.1 Å². The highest BCUT2D eigenvalue weighted by atomic mass is 32.2. The molecular weight excluding hydrogens is 268 g/mol. The largest absolute Gasteiger partial charge is 0.481 e. The Morgan fingerprint density at radius 2 is 2.37 bits per heavy atom. The lowest BCUT2D eigenvalue weighted by Gasteiger charge is -2.02. The molecule has 0 atom stereocenters. The van der Waals surface area contributed by atoms with Crippen molar-refractivity contribution in [1.29, 1.82) is 0 Å². The van der Waals surface area contributed by atoms with Crippen molar-refractivity contribution in [2.24, 2.45) is 7.05 Å². The Labute approximate surface area is 113 Å². The van der Waals surface area contributed by atoms with Crippen LogP contribution in [0.1, 0.15) is 0 Å². The van der Waals surface area contributed by atoms with Crippen LogP contribution in [0, 0.1) is 0 Å². The summed E-state index contributed by atoms with van der Waals surface area (Å²) in [7, 11) is 3.23. The fourth-order valence-corrected chi connectivity index (χ4v) is 2.09. The maximum Gasteiger partial charge on any atom is 0.313 e. The minimum atomic E-state index is -0.895. The third kappa shape index (κ3) is 3.02. The van der Waals surface area contributed by atoms with Crippen LogP contribution >= 0.6 is 11.8 Å². The summed E-state index contributed by atoms with van der Waals surface area (Å²) in [5, 5.41) is 13.4. The van der Waals surface area contributed by atoms with Crippen LogP contribution in [0.3, 0.4) is 0 Å². The molecule has 0 saturated carbocycles. The Kier molecular flexibility index (Phi) is 4.00. The number of carbonyl (C=O) groups is 1. The average Bonchev–Trinajstić information content (AvgIpc) is 2.77. The van der Waals surface area contributed by atoms with E-state index in [4.69, 9.17) is 9.84 Å². The van der Waals surface area contributed by atoms with Crippen LogP contribution in [0.2, 0.25) is 0 Å².